The van der Waals surface area contributed by atoms with Crippen molar-refractivity contribution in [3.05, 3.63) is 0 Å². The van der Waals surface area contributed by atoms with Gasteiger partial charge in [-0.1, -0.05) is 13.1 Å². The zero-order chi connectivity index (χ0) is 8.86. The van der Waals surface area contributed by atoms with Crippen LogP contribution in [0.1, 0.15) is 0 Å². The van der Waals surface area contributed by atoms with E-state index in [1.807, 2.05) is 0 Å². The Morgan fingerprint density at radius 3 is 1.45 bits per heavy atom. The molecule has 0 unspecified atom stereocenters. The highest BCUT2D eigenvalue weighted by Crippen LogP contribution is 2.27. The highest BCUT2D eigenvalue weighted by Gasteiger charge is 2.54. The first kappa shape index (κ1) is 9.66. The number of hydrogen-bond donors (Lipinski definition) is 1. The molecule has 0 spiro atoms. The molecule has 5 heteroatoms. The molecule has 1 aliphatic heterocycles. The van der Waals surface area contributed by atoms with E-state index in [0.29, 0.717) is 0 Å². The summed E-state index contributed by atoms with van der Waals surface area (Å²) in [6.07, 6.45) is 0. The molecule has 1 saturated heterocycles. The molecule has 0 bridgehead atoms. The number of nitrogens with one attached hydrogen (secondary N) is 1. The maximum absolute atomic E-state index is 3.82. The van der Waals surface area contributed by atoms with Gasteiger partial charge in [0.15, 0.2) is 16.8 Å². The Bertz CT molecular complexity index is 153. The molecule has 1 rings (SSSR count). The second-order valence-corrected chi connectivity index (χ2v) is 16.3. The van der Waals surface area contributed by atoms with E-state index in [4.69, 9.17) is 0 Å². The van der Waals surface area contributed by atoms with Gasteiger partial charge in [-0.05, 0) is 26.2 Å². The summed E-state index contributed by atoms with van der Waals surface area (Å²) in [4.78, 5) is 0. The van der Waals surface area contributed by atoms with Gasteiger partial charge in [-0.25, -0.2) is 0 Å². The molecule has 2 nitrogen and oxygen atoms in total. The molecule has 0 aliphatic carbocycles. The summed E-state index contributed by atoms with van der Waals surface area (Å²) in [5.41, 5.74) is 0. The van der Waals surface area contributed by atoms with Crippen molar-refractivity contribution in [1.29, 1.82) is 0 Å². The maximum atomic E-state index is 3.82. The zero-order valence-electron chi connectivity index (χ0n) is 8.45. The van der Waals surface area contributed by atoms with Gasteiger partial charge in [0.05, 0.1) is 0 Å². The first-order chi connectivity index (χ1) is 4.77. The number of hydrogen-bond acceptors (Lipinski definition) is 2. The Balaban J connectivity index is 2.73. The van der Waals surface area contributed by atoms with E-state index in [0.717, 1.165) is 0 Å². The summed E-state index contributed by atoms with van der Waals surface area (Å²) in [6, 6.07) is 0. The van der Waals surface area contributed by atoms with Crippen molar-refractivity contribution < 1.29 is 0 Å². The van der Waals surface area contributed by atoms with Crippen LogP contribution >= 0.6 is 0 Å². The molecular weight excluding hydrogens is 184 g/mol. The van der Waals surface area contributed by atoms with Crippen molar-refractivity contribution >= 4 is 25.8 Å². The summed E-state index contributed by atoms with van der Waals surface area (Å²) in [7, 11) is -2.37. The largest absolute Gasteiger partial charge is 0.346 e. The lowest BCUT2D eigenvalue weighted by molar-refractivity contribution is 0.783. The molecule has 0 saturated carbocycles. The van der Waals surface area contributed by atoms with Gasteiger partial charge in [-0.2, -0.15) is 0 Å². The summed E-state index contributed by atoms with van der Waals surface area (Å²) < 4.78 is 6.68. The van der Waals surface area contributed by atoms with Crippen molar-refractivity contribution in [1.82, 2.24) is 8.54 Å². The summed E-state index contributed by atoms with van der Waals surface area (Å²) in [6.45, 7) is 14.5. The van der Waals surface area contributed by atoms with Gasteiger partial charge >= 0.3 is 0 Å². The van der Waals surface area contributed by atoms with E-state index >= 15 is 0 Å². The molecule has 65 valence electrons. The van der Waals surface area contributed by atoms with Gasteiger partial charge in [0.25, 0.3) is 0 Å². The van der Waals surface area contributed by atoms with E-state index in [1.54, 1.807) is 0 Å². The standard InChI is InChI=1S/C6H19N2Si3/c1-9(2)8-10(3,4)7-11(8,5)6/h7H,1-6H3. The molecule has 0 aromatic rings. The molecule has 0 aromatic heterocycles. The van der Waals surface area contributed by atoms with Crippen LogP contribution in [0, 0.1) is 0 Å². The minimum Gasteiger partial charge on any atom is -0.346 e. The second kappa shape index (κ2) is 2.53. The summed E-state index contributed by atoms with van der Waals surface area (Å²) in [5.74, 6) is 0. The van der Waals surface area contributed by atoms with Crippen LogP contribution in [-0.2, 0) is 0 Å². The van der Waals surface area contributed by atoms with Gasteiger partial charge in [-0.15, -0.1) is 0 Å². The lowest BCUT2D eigenvalue weighted by Gasteiger charge is -2.61. The minimum absolute atomic E-state index is 0.195. The van der Waals surface area contributed by atoms with E-state index in [9.17, 15) is 0 Å². The molecule has 1 N–H and O–H groups in total. The molecular formula is C6H19N2Si3. The van der Waals surface area contributed by atoms with Gasteiger partial charge in [0, 0.05) is 0 Å². The van der Waals surface area contributed by atoms with Crippen LogP contribution in [-0.4, -0.2) is 29.6 Å². The van der Waals surface area contributed by atoms with Crippen LogP contribution < -0.4 is 4.65 Å². The highest BCUT2D eigenvalue weighted by molar-refractivity contribution is 7.10. The predicted octanol–water partition coefficient (Wildman–Crippen LogP) is 1.55. The Morgan fingerprint density at radius 2 is 1.36 bits per heavy atom. The quantitative estimate of drug-likeness (QED) is 0.651. The molecule has 1 aliphatic rings. The average Bonchev–Trinajstić information content (AvgIpc) is 1.53. The van der Waals surface area contributed by atoms with E-state index < -0.39 is 16.8 Å². The van der Waals surface area contributed by atoms with Crippen LogP contribution in [0.2, 0.25) is 39.3 Å². The van der Waals surface area contributed by atoms with Crippen LogP contribution in [0.15, 0.2) is 0 Å². The van der Waals surface area contributed by atoms with Crippen LogP contribution in [0.25, 0.3) is 0 Å². The van der Waals surface area contributed by atoms with Crippen molar-refractivity contribution in [2.24, 2.45) is 0 Å². The van der Waals surface area contributed by atoms with Crippen molar-refractivity contribution in [3.63, 3.8) is 0 Å². The van der Waals surface area contributed by atoms with Gasteiger partial charge < -0.3 is 8.54 Å². The maximum Gasteiger partial charge on any atom is 0.179 e. The van der Waals surface area contributed by atoms with Gasteiger partial charge in [0.1, 0.15) is 8.96 Å². The van der Waals surface area contributed by atoms with Crippen molar-refractivity contribution in [2.75, 3.05) is 0 Å². The summed E-state index contributed by atoms with van der Waals surface area (Å²) in [5, 5.41) is 0. The third-order valence-corrected chi connectivity index (χ3v) is 19.6. The summed E-state index contributed by atoms with van der Waals surface area (Å²) >= 11 is 0. The molecule has 0 amide bonds. The third kappa shape index (κ3) is 1.52. The van der Waals surface area contributed by atoms with Gasteiger partial charge in [-0.3, -0.25) is 0 Å². The Morgan fingerprint density at radius 1 is 1.00 bits per heavy atom. The van der Waals surface area contributed by atoms with Crippen molar-refractivity contribution in [2.45, 2.75) is 39.3 Å². The smallest absolute Gasteiger partial charge is 0.179 e. The lowest BCUT2D eigenvalue weighted by atomic mass is 11.9. The molecule has 0 atom stereocenters. The van der Waals surface area contributed by atoms with Crippen LogP contribution in [0.4, 0.5) is 0 Å². The van der Waals surface area contributed by atoms with Crippen LogP contribution in [0.3, 0.4) is 0 Å². The molecule has 1 heterocycles. The van der Waals surface area contributed by atoms with E-state index in [1.165, 1.54) is 0 Å². The number of rotatable bonds is 1. The minimum atomic E-state index is -1.09. The SMILES string of the molecule is C[Si](C)N1[Si](C)(C)N[Si]1(C)C. The first-order valence-corrected chi connectivity index (χ1v) is 12.5. The van der Waals surface area contributed by atoms with Gasteiger partial charge in [0.2, 0.25) is 0 Å². The Hall–Kier alpha value is 0.571. The lowest BCUT2D eigenvalue weighted by Crippen LogP contribution is -2.90. The molecule has 11 heavy (non-hydrogen) atoms. The molecule has 1 fully saturated rings. The fraction of sp³-hybridized carbons (Fsp3) is 1.00. The number of nitrogens with zero attached hydrogens (tertiary/aromatic N) is 1. The van der Waals surface area contributed by atoms with E-state index in [-0.39, 0.29) is 8.96 Å². The molecule has 1 radical (unpaired) electrons. The normalized spacial score (nSPS) is 28.6. The van der Waals surface area contributed by atoms with Crippen molar-refractivity contribution in [3.8, 4) is 0 Å². The second-order valence-electron chi connectivity index (χ2n) is 4.53. The highest BCUT2D eigenvalue weighted by atomic mass is 28.5. The topological polar surface area (TPSA) is 15.3 Å². The average molecular weight is 203 g/mol. The Kier molecular flexibility index (Phi) is 2.22. The fourth-order valence-corrected chi connectivity index (χ4v) is 24.6. The zero-order valence-corrected chi connectivity index (χ0v) is 11.4. The van der Waals surface area contributed by atoms with E-state index in [2.05, 4.69) is 47.8 Å². The Labute approximate surface area is 74.0 Å². The molecule has 0 aromatic carbocycles. The third-order valence-electron chi connectivity index (χ3n) is 2.18. The van der Waals surface area contributed by atoms with Crippen LogP contribution in [0.5, 0.6) is 0 Å². The monoisotopic (exact) mass is 203 g/mol. The fourth-order valence-electron chi connectivity index (χ4n) is 2.62. The predicted molar refractivity (Wildman–Crippen MR) is 57.4 cm³/mol. The first-order valence-electron chi connectivity index (χ1n) is 4.17.